The summed E-state index contributed by atoms with van der Waals surface area (Å²) in [6.45, 7) is 4.57. The molecule has 8 nitrogen and oxygen atoms in total. The van der Waals surface area contributed by atoms with Gasteiger partial charge in [-0.05, 0) is 49.7 Å². The number of hydrogen-bond donors (Lipinski definition) is 2. The molecule has 2 N–H and O–H groups in total. The Balaban J connectivity index is 1.64. The molecule has 30 heavy (non-hydrogen) atoms. The average molecular weight is 426 g/mol. The highest BCUT2D eigenvalue weighted by atomic mass is 32.2. The van der Waals surface area contributed by atoms with Crippen molar-refractivity contribution in [1.82, 2.24) is 15.0 Å². The summed E-state index contributed by atoms with van der Waals surface area (Å²) in [5, 5.41) is 14.7. The fraction of sp³-hybridized carbons (Fsp3) is 0.238. The van der Waals surface area contributed by atoms with Crippen LogP contribution in [0.25, 0.3) is 10.9 Å². The molecule has 3 rings (SSSR count). The van der Waals surface area contributed by atoms with Crippen LogP contribution in [0.5, 0.6) is 11.5 Å². The molecule has 0 saturated heterocycles. The first-order valence-corrected chi connectivity index (χ1v) is 10.4. The number of benzene rings is 2. The second-order valence-electron chi connectivity index (χ2n) is 6.20. The van der Waals surface area contributed by atoms with Crippen LogP contribution in [0.15, 0.2) is 57.5 Å². The standard InChI is InChI=1S/C21H22N4O4S/c1-3-25-20(28)15-7-5-6-8-16(15)23-21(25)30-13-19(27)24-22-12-14-9-10-17(26)18(11-14)29-4-2/h5-12,26H,3-4,13H2,1-2H3,(H,24,27)/b22-12+. The second-order valence-corrected chi connectivity index (χ2v) is 7.15. The fourth-order valence-corrected chi connectivity index (χ4v) is 3.62. The van der Waals surface area contributed by atoms with E-state index >= 15 is 0 Å². The minimum Gasteiger partial charge on any atom is -0.504 e. The Labute approximate surface area is 177 Å². The largest absolute Gasteiger partial charge is 0.504 e. The van der Waals surface area contributed by atoms with Gasteiger partial charge in [-0.1, -0.05) is 23.9 Å². The average Bonchev–Trinajstić information content (AvgIpc) is 2.75. The first-order valence-electron chi connectivity index (χ1n) is 9.43. The van der Waals surface area contributed by atoms with Crippen LogP contribution in [0.3, 0.4) is 0 Å². The van der Waals surface area contributed by atoms with Gasteiger partial charge in [-0.3, -0.25) is 14.2 Å². The molecule has 9 heteroatoms. The monoisotopic (exact) mass is 426 g/mol. The van der Waals surface area contributed by atoms with Gasteiger partial charge in [0.15, 0.2) is 16.7 Å². The first-order chi connectivity index (χ1) is 14.5. The predicted octanol–water partition coefficient (Wildman–Crippen LogP) is 2.76. The van der Waals surface area contributed by atoms with Crippen molar-refractivity contribution in [2.75, 3.05) is 12.4 Å². The van der Waals surface area contributed by atoms with Crippen LogP contribution in [0.4, 0.5) is 0 Å². The number of nitrogens with one attached hydrogen (secondary N) is 1. The Kier molecular flexibility index (Phi) is 7.08. The van der Waals surface area contributed by atoms with Crippen molar-refractivity contribution in [3.8, 4) is 11.5 Å². The van der Waals surface area contributed by atoms with E-state index in [1.807, 2.05) is 19.9 Å². The molecule has 156 valence electrons. The molecule has 0 unspecified atom stereocenters. The van der Waals surface area contributed by atoms with Crippen LogP contribution in [0.1, 0.15) is 19.4 Å². The summed E-state index contributed by atoms with van der Waals surface area (Å²) in [5.74, 6) is 0.120. The molecular weight excluding hydrogens is 404 g/mol. The number of phenolic OH excluding ortho intramolecular Hbond substituents is 1. The second kappa shape index (κ2) is 9.93. The molecule has 1 heterocycles. The van der Waals surface area contributed by atoms with Crippen molar-refractivity contribution in [3.05, 3.63) is 58.4 Å². The predicted molar refractivity (Wildman–Crippen MR) is 117 cm³/mol. The van der Waals surface area contributed by atoms with Gasteiger partial charge in [-0.15, -0.1) is 0 Å². The molecule has 0 bridgehead atoms. The van der Waals surface area contributed by atoms with Gasteiger partial charge in [0.2, 0.25) is 0 Å². The number of ether oxygens (including phenoxy) is 1. The van der Waals surface area contributed by atoms with Crippen LogP contribution < -0.4 is 15.7 Å². The molecular formula is C21H22N4O4S. The SMILES string of the molecule is CCOc1cc(/C=N/NC(=O)CSc2nc3ccccc3c(=O)n2CC)ccc1O. The summed E-state index contributed by atoms with van der Waals surface area (Å²) in [7, 11) is 0. The Hall–Kier alpha value is -3.33. The number of aromatic hydroxyl groups is 1. The van der Waals surface area contributed by atoms with Crippen LogP contribution in [-0.2, 0) is 11.3 Å². The summed E-state index contributed by atoms with van der Waals surface area (Å²) >= 11 is 1.18. The number of aromatic nitrogens is 2. The third-order valence-corrected chi connectivity index (χ3v) is 5.14. The Morgan fingerprint density at radius 2 is 2.10 bits per heavy atom. The van der Waals surface area contributed by atoms with Crippen molar-refractivity contribution in [2.24, 2.45) is 5.10 Å². The molecule has 0 spiro atoms. The zero-order valence-corrected chi connectivity index (χ0v) is 17.5. The number of carbonyl (C=O) groups is 1. The van der Waals surface area contributed by atoms with E-state index in [1.165, 1.54) is 24.0 Å². The quantitative estimate of drug-likeness (QED) is 0.248. The number of para-hydroxylation sites is 1. The molecule has 0 atom stereocenters. The zero-order valence-electron chi connectivity index (χ0n) is 16.7. The van der Waals surface area contributed by atoms with E-state index in [0.717, 1.165) is 0 Å². The van der Waals surface area contributed by atoms with Gasteiger partial charge in [-0.25, -0.2) is 10.4 Å². The Morgan fingerprint density at radius 3 is 2.87 bits per heavy atom. The van der Waals surface area contributed by atoms with Gasteiger partial charge in [0.05, 0.1) is 29.5 Å². The highest BCUT2D eigenvalue weighted by Crippen LogP contribution is 2.26. The molecule has 0 aliphatic heterocycles. The Morgan fingerprint density at radius 1 is 1.30 bits per heavy atom. The van der Waals surface area contributed by atoms with Gasteiger partial charge < -0.3 is 9.84 Å². The molecule has 2 aromatic carbocycles. The number of amides is 1. The van der Waals surface area contributed by atoms with Crippen molar-refractivity contribution in [1.29, 1.82) is 0 Å². The topological polar surface area (TPSA) is 106 Å². The maximum atomic E-state index is 12.6. The third-order valence-electron chi connectivity index (χ3n) is 4.16. The van der Waals surface area contributed by atoms with E-state index in [9.17, 15) is 14.7 Å². The smallest absolute Gasteiger partial charge is 0.262 e. The van der Waals surface area contributed by atoms with Crippen molar-refractivity contribution < 1.29 is 14.6 Å². The molecule has 0 aliphatic rings. The lowest BCUT2D eigenvalue weighted by molar-refractivity contribution is -0.118. The normalized spacial score (nSPS) is 11.1. The molecule has 0 aliphatic carbocycles. The lowest BCUT2D eigenvalue weighted by Gasteiger charge is -2.10. The van der Waals surface area contributed by atoms with Crippen LogP contribution in [0, 0.1) is 0 Å². The van der Waals surface area contributed by atoms with E-state index < -0.39 is 0 Å². The molecule has 1 amide bonds. The van der Waals surface area contributed by atoms with Gasteiger partial charge in [0.25, 0.3) is 11.5 Å². The van der Waals surface area contributed by atoms with Gasteiger partial charge in [0.1, 0.15) is 0 Å². The summed E-state index contributed by atoms with van der Waals surface area (Å²) < 4.78 is 6.87. The number of fused-ring (bicyclic) bond motifs is 1. The summed E-state index contributed by atoms with van der Waals surface area (Å²) in [5.41, 5.74) is 3.59. The zero-order chi connectivity index (χ0) is 21.5. The van der Waals surface area contributed by atoms with Crippen molar-refractivity contribution >= 4 is 34.8 Å². The summed E-state index contributed by atoms with van der Waals surface area (Å²) in [6.07, 6.45) is 1.46. The number of nitrogens with zero attached hydrogens (tertiary/aromatic N) is 3. The number of phenols is 1. The summed E-state index contributed by atoms with van der Waals surface area (Å²) in [4.78, 5) is 29.3. The summed E-state index contributed by atoms with van der Waals surface area (Å²) in [6, 6.07) is 11.9. The van der Waals surface area contributed by atoms with Crippen LogP contribution in [-0.4, -0.2) is 39.1 Å². The van der Waals surface area contributed by atoms with E-state index in [1.54, 1.807) is 34.9 Å². The van der Waals surface area contributed by atoms with Gasteiger partial charge >= 0.3 is 0 Å². The maximum absolute atomic E-state index is 12.6. The molecule has 3 aromatic rings. The molecule has 1 aromatic heterocycles. The van der Waals surface area contributed by atoms with Crippen LogP contribution >= 0.6 is 11.8 Å². The number of thioether (sulfide) groups is 1. The van der Waals surface area contributed by atoms with Crippen molar-refractivity contribution in [3.63, 3.8) is 0 Å². The molecule has 0 fully saturated rings. The lowest BCUT2D eigenvalue weighted by atomic mass is 10.2. The highest BCUT2D eigenvalue weighted by molar-refractivity contribution is 7.99. The third kappa shape index (κ3) is 4.98. The highest BCUT2D eigenvalue weighted by Gasteiger charge is 2.12. The van der Waals surface area contributed by atoms with Crippen LogP contribution in [0.2, 0.25) is 0 Å². The molecule has 0 saturated carbocycles. The van der Waals surface area contributed by atoms with Crippen molar-refractivity contribution in [2.45, 2.75) is 25.5 Å². The van der Waals surface area contributed by atoms with E-state index in [-0.39, 0.29) is 23.0 Å². The van der Waals surface area contributed by atoms with Gasteiger partial charge in [-0.2, -0.15) is 5.10 Å². The maximum Gasteiger partial charge on any atom is 0.262 e. The first kappa shape index (κ1) is 21.4. The minimum atomic E-state index is -0.329. The van der Waals surface area contributed by atoms with Gasteiger partial charge in [0, 0.05) is 6.54 Å². The number of rotatable bonds is 8. The lowest BCUT2D eigenvalue weighted by Crippen LogP contribution is -2.24. The fourth-order valence-electron chi connectivity index (χ4n) is 2.76. The molecule has 0 radical (unpaired) electrons. The minimum absolute atomic E-state index is 0.0410. The number of carbonyl (C=O) groups excluding carboxylic acids is 1. The van der Waals surface area contributed by atoms with E-state index in [4.69, 9.17) is 4.74 Å². The van der Waals surface area contributed by atoms with E-state index in [0.29, 0.717) is 40.5 Å². The number of hydrogen-bond acceptors (Lipinski definition) is 7. The number of hydrazone groups is 1. The Bertz CT molecular complexity index is 1140. The van der Waals surface area contributed by atoms with E-state index in [2.05, 4.69) is 15.5 Å².